The fraction of sp³-hybridized carbons (Fsp3) is 0.750. The van der Waals surface area contributed by atoms with Crippen LogP contribution in [0, 0.1) is 0 Å². The Hall–Kier alpha value is -0.900. The topological polar surface area (TPSA) is 58.2 Å². The maximum atomic E-state index is 11.2. The number of nitrogens with one attached hydrogen (secondary N) is 2. The van der Waals surface area contributed by atoms with E-state index in [1.165, 1.54) is 0 Å². The van der Waals surface area contributed by atoms with Gasteiger partial charge < -0.3 is 15.4 Å². The van der Waals surface area contributed by atoms with Crippen LogP contribution in [0.3, 0.4) is 0 Å². The molecule has 0 radical (unpaired) electrons. The molecule has 0 aromatic carbocycles. The van der Waals surface area contributed by atoms with Gasteiger partial charge in [-0.2, -0.15) is 0 Å². The van der Waals surface area contributed by atoms with E-state index in [2.05, 4.69) is 10.6 Å². The van der Waals surface area contributed by atoms with Crippen LogP contribution in [0.2, 0.25) is 0 Å². The van der Waals surface area contributed by atoms with Crippen molar-refractivity contribution in [1.82, 2.24) is 10.6 Å². The fourth-order valence-electron chi connectivity index (χ4n) is 1.29. The van der Waals surface area contributed by atoms with Crippen LogP contribution in [0.5, 0.6) is 0 Å². The van der Waals surface area contributed by atoms with Crippen molar-refractivity contribution in [2.75, 3.05) is 13.1 Å². The molecule has 68 valence electrons. The zero-order valence-electron chi connectivity index (χ0n) is 7.01. The fourth-order valence-corrected chi connectivity index (χ4v) is 1.29. The molecule has 0 spiro atoms. The molecule has 1 amide bonds. The molecule has 0 saturated carbocycles. The van der Waals surface area contributed by atoms with Crippen LogP contribution in [-0.4, -0.2) is 31.3 Å². The minimum Gasteiger partial charge on any atom is -0.354 e. The highest BCUT2D eigenvalue weighted by Crippen LogP contribution is 2.03. The standard InChI is InChI=1S/C8H14N2O2/c11-6-2-5-10-8(12)7-3-1-4-9-7/h6-7,9H,1-5H2,(H,10,12)/t7-/m0/s1. The Bertz CT molecular complexity index is 164. The third kappa shape index (κ3) is 2.62. The van der Waals surface area contributed by atoms with Gasteiger partial charge in [-0.15, -0.1) is 0 Å². The summed E-state index contributed by atoms with van der Waals surface area (Å²) in [6.07, 6.45) is 3.18. The first-order valence-electron chi connectivity index (χ1n) is 4.29. The van der Waals surface area contributed by atoms with Gasteiger partial charge in [-0.25, -0.2) is 0 Å². The molecule has 4 nitrogen and oxygen atoms in total. The summed E-state index contributed by atoms with van der Waals surface area (Å²) in [6.45, 7) is 1.38. The molecule has 1 fully saturated rings. The number of carbonyl (C=O) groups excluding carboxylic acids is 2. The first-order chi connectivity index (χ1) is 5.84. The van der Waals surface area contributed by atoms with E-state index in [0.717, 1.165) is 25.7 Å². The van der Waals surface area contributed by atoms with Crippen molar-refractivity contribution < 1.29 is 9.59 Å². The number of amides is 1. The molecule has 12 heavy (non-hydrogen) atoms. The predicted molar refractivity (Wildman–Crippen MR) is 44.7 cm³/mol. The predicted octanol–water partition coefficient (Wildman–Crippen LogP) is -0.556. The number of hydrogen-bond donors (Lipinski definition) is 2. The smallest absolute Gasteiger partial charge is 0.237 e. The minimum atomic E-state index is -0.0309. The van der Waals surface area contributed by atoms with Crippen LogP contribution in [-0.2, 0) is 9.59 Å². The normalized spacial score (nSPS) is 22.2. The molecule has 0 aliphatic carbocycles. The first-order valence-corrected chi connectivity index (χ1v) is 4.29. The largest absolute Gasteiger partial charge is 0.354 e. The minimum absolute atomic E-state index is 0.0225. The van der Waals surface area contributed by atoms with Crippen molar-refractivity contribution in [3.8, 4) is 0 Å². The Morgan fingerprint density at radius 1 is 1.67 bits per heavy atom. The van der Waals surface area contributed by atoms with E-state index in [0.29, 0.717) is 13.0 Å². The number of hydrogen-bond acceptors (Lipinski definition) is 3. The second-order valence-electron chi connectivity index (χ2n) is 2.90. The Morgan fingerprint density at radius 2 is 2.50 bits per heavy atom. The van der Waals surface area contributed by atoms with E-state index >= 15 is 0 Å². The average molecular weight is 170 g/mol. The van der Waals surface area contributed by atoms with Crippen molar-refractivity contribution in [3.05, 3.63) is 0 Å². The van der Waals surface area contributed by atoms with Gasteiger partial charge >= 0.3 is 0 Å². The summed E-state index contributed by atoms with van der Waals surface area (Å²) < 4.78 is 0. The molecule has 2 N–H and O–H groups in total. The molecule has 1 aliphatic heterocycles. The zero-order chi connectivity index (χ0) is 8.81. The zero-order valence-corrected chi connectivity index (χ0v) is 7.01. The summed E-state index contributed by atoms with van der Waals surface area (Å²) in [6, 6.07) is -0.0309. The summed E-state index contributed by atoms with van der Waals surface area (Å²) in [7, 11) is 0. The first kappa shape index (κ1) is 9.19. The molecule has 1 atom stereocenters. The summed E-state index contributed by atoms with van der Waals surface area (Å²) in [5.41, 5.74) is 0. The van der Waals surface area contributed by atoms with Crippen LogP contribution in [0.25, 0.3) is 0 Å². The molecule has 1 saturated heterocycles. The van der Waals surface area contributed by atoms with Gasteiger partial charge in [0.1, 0.15) is 6.29 Å². The van der Waals surface area contributed by atoms with Crippen molar-refractivity contribution in [2.45, 2.75) is 25.3 Å². The Morgan fingerprint density at radius 3 is 3.08 bits per heavy atom. The molecule has 0 aromatic heterocycles. The SMILES string of the molecule is O=CCCNC(=O)[C@@H]1CCCN1. The van der Waals surface area contributed by atoms with Crippen LogP contribution in [0.1, 0.15) is 19.3 Å². The molecule has 1 rings (SSSR count). The molecule has 1 aliphatic rings. The van der Waals surface area contributed by atoms with E-state index in [-0.39, 0.29) is 11.9 Å². The van der Waals surface area contributed by atoms with E-state index < -0.39 is 0 Å². The quantitative estimate of drug-likeness (QED) is 0.439. The summed E-state index contributed by atoms with van der Waals surface area (Å²) in [5, 5.41) is 5.78. The van der Waals surface area contributed by atoms with Gasteiger partial charge in [0.25, 0.3) is 0 Å². The molecule has 0 unspecified atom stereocenters. The summed E-state index contributed by atoms with van der Waals surface area (Å²) in [5.74, 6) is 0.0225. The lowest BCUT2D eigenvalue weighted by atomic mass is 10.2. The third-order valence-corrected chi connectivity index (χ3v) is 1.94. The average Bonchev–Trinajstić information content (AvgIpc) is 2.56. The lowest BCUT2D eigenvalue weighted by Crippen LogP contribution is -2.40. The number of aldehydes is 1. The molecular weight excluding hydrogens is 156 g/mol. The lowest BCUT2D eigenvalue weighted by Gasteiger charge is -2.09. The van der Waals surface area contributed by atoms with Gasteiger partial charge in [0.2, 0.25) is 5.91 Å². The van der Waals surface area contributed by atoms with Crippen LogP contribution < -0.4 is 10.6 Å². The van der Waals surface area contributed by atoms with Gasteiger partial charge in [-0.3, -0.25) is 4.79 Å². The van der Waals surface area contributed by atoms with Gasteiger partial charge in [-0.05, 0) is 19.4 Å². The van der Waals surface area contributed by atoms with Crippen molar-refractivity contribution in [1.29, 1.82) is 0 Å². The highest BCUT2D eigenvalue weighted by molar-refractivity contribution is 5.82. The van der Waals surface area contributed by atoms with Crippen molar-refractivity contribution in [3.63, 3.8) is 0 Å². The Balaban J connectivity index is 2.14. The summed E-state index contributed by atoms with van der Waals surface area (Å²) in [4.78, 5) is 21.2. The van der Waals surface area contributed by atoms with Gasteiger partial charge in [-0.1, -0.05) is 0 Å². The molecule has 0 bridgehead atoms. The maximum Gasteiger partial charge on any atom is 0.237 e. The highest BCUT2D eigenvalue weighted by Gasteiger charge is 2.20. The summed E-state index contributed by atoms with van der Waals surface area (Å²) >= 11 is 0. The van der Waals surface area contributed by atoms with E-state index in [1.54, 1.807) is 0 Å². The molecule has 0 aromatic rings. The van der Waals surface area contributed by atoms with Gasteiger partial charge in [0.15, 0.2) is 0 Å². The molecule has 4 heteroatoms. The van der Waals surface area contributed by atoms with Crippen LogP contribution >= 0.6 is 0 Å². The maximum absolute atomic E-state index is 11.2. The van der Waals surface area contributed by atoms with Crippen LogP contribution in [0.15, 0.2) is 0 Å². The lowest BCUT2D eigenvalue weighted by molar-refractivity contribution is -0.122. The third-order valence-electron chi connectivity index (χ3n) is 1.94. The van der Waals surface area contributed by atoms with Crippen molar-refractivity contribution >= 4 is 12.2 Å². The van der Waals surface area contributed by atoms with Crippen molar-refractivity contribution in [2.24, 2.45) is 0 Å². The van der Waals surface area contributed by atoms with E-state index in [1.807, 2.05) is 0 Å². The van der Waals surface area contributed by atoms with E-state index in [4.69, 9.17) is 0 Å². The van der Waals surface area contributed by atoms with Gasteiger partial charge in [0.05, 0.1) is 6.04 Å². The molecular formula is C8H14N2O2. The van der Waals surface area contributed by atoms with Crippen LogP contribution in [0.4, 0.5) is 0 Å². The number of rotatable bonds is 4. The Kier molecular flexibility index (Phi) is 3.73. The molecule has 1 heterocycles. The Labute approximate surface area is 71.7 Å². The second kappa shape index (κ2) is 4.87. The number of carbonyl (C=O) groups is 2. The highest BCUT2D eigenvalue weighted by atomic mass is 16.2. The monoisotopic (exact) mass is 170 g/mol. The second-order valence-corrected chi connectivity index (χ2v) is 2.90. The van der Waals surface area contributed by atoms with Gasteiger partial charge in [0, 0.05) is 13.0 Å². The van der Waals surface area contributed by atoms with E-state index in [9.17, 15) is 9.59 Å².